The molecule has 0 radical (unpaired) electrons. The molecule has 2 heteroatoms. The molecule has 0 saturated carbocycles. The van der Waals surface area contributed by atoms with E-state index in [4.69, 9.17) is 0 Å². The summed E-state index contributed by atoms with van der Waals surface area (Å²) >= 11 is 3.58. The van der Waals surface area contributed by atoms with E-state index in [2.05, 4.69) is 97.5 Å². The molecule has 0 aromatic heterocycles. The van der Waals surface area contributed by atoms with Crippen molar-refractivity contribution in [3.63, 3.8) is 0 Å². The van der Waals surface area contributed by atoms with Crippen LogP contribution in [0.25, 0.3) is 0 Å². The summed E-state index contributed by atoms with van der Waals surface area (Å²) in [6, 6.07) is 17.5. The maximum Gasteiger partial charge on any atom is 0.0518 e. The third kappa shape index (κ3) is 5.20. The van der Waals surface area contributed by atoms with Crippen molar-refractivity contribution < 1.29 is 0 Å². The fraction of sp³-hybridized carbons (Fsp3) is 0.368. The third-order valence-electron chi connectivity index (χ3n) is 3.40. The van der Waals surface area contributed by atoms with Gasteiger partial charge in [-0.05, 0) is 48.1 Å². The van der Waals surface area contributed by atoms with Crippen molar-refractivity contribution in [2.24, 2.45) is 5.41 Å². The normalized spacial score (nSPS) is 13.0. The maximum atomic E-state index is 3.70. The Morgan fingerprint density at radius 1 is 1.05 bits per heavy atom. The summed E-state index contributed by atoms with van der Waals surface area (Å²) in [6.45, 7) is 8.99. The van der Waals surface area contributed by atoms with Gasteiger partial charge in [-0.25, -0.2) is 0 Å². The SMILES string of the molecule is Cc1cc(Br)cc(NC(CC(C)(C)C)c2ccccc2)c1. The number of hydrogen-bond acceptors (Lipinski definition) is 1. The van der Waals surface area contributed by atoms with Crippen LogP contribution in [0.1, 0.15) is 44.4 Å². The van der Waals surface area contributed by atoms with Gasteiger partial charge in [0.15, 0.2) is 0 Å². The predicted molar refractivity (Wildman–Crippen MR) is 95.8 cm³/mol. The van der Waals surface area contributed by atoms with E-state index < -0.39 is 0 Å². The first-order valence-corrected chi connectivity index (χ1v) is 8.21. The zero-order valence-corrected chi connectivity index (χ0v) is 14.9. The quantitative estimate of drug-likeness (QED) is 0.680. The molecule has 0 aliphatic rings. The van der Waals surface area contributed by atoms with Crippen molar-refractivity contribution in [2.75, 3.05) is 5.32 Å². The van der Waals surface area contributed by atoms with Crippen molar-refractivity contribution in [3.05, 3.63) is 64.1 Å². The number of rotatable bonds is 4. The maximum absolute atomic E-state index is 3.70. The second-order valence-corrected chi connectivity index (χ2v) is 7.81. The summed E-state index contributed by atoms with van der Waals surface area (Å²) in [5.41, 5.74) is 4.04. The van der Waals surface area contributed by atoms with Gasteiger partial charge in [0.25, 0.3) is 0 Å². The van der Waals surface area contributed by atoms with Gasteiger partial charge in [-0.2, -0.15) is 0 Å². The summed E-state index contributed by atoms with van der Waals surface area (Å²) in [5.74, 6) is 0. The average molecular weight is 346 g/mol. The minimum Gasteiger partial charge on any atom is -0.378 e. The van der Waals surface area contributed by atoms with Crippen LogP contribution in [-0.2, 0) is 0 Å². The summed E-state index contributed by atoms with van der Waals surface area (Å²) in [4.78, 5) is 0. The summed E-state index contributed by atoms with van der Waals surface area (Å²) in [6.07, 6.45) is 1.09. The largest absolute Gasteiger partial charge is 0.378 e. The Bertz CT molecular complexity index is 564. The Kier molecular flexibility index (Phi) is 5.10. The van der Waals surface area contributed by atoms with Gasteiger partial charge in [-0.15, -0.1) is 0 Å². The molecular formula is C19H24BrN. The van der Waals surface area contributed by atoms with Crippen LogP contribution in [0.4, 0.5) is 5.69 Å². The van der Waals surface area contributed by atoms with E-state index in [9.17, 15) is 0 Å². The fourth-order valence-corrected chi connectivity index (χ4v) is 3.18. The van der Waals surface area contributed by atoms with Crippen molar-refractivity contribution in [3.8, 4) is 0 Å². The molecule has 0 saturated heterocycles. The van der Waals surface area contributed by atoms with Gasteiger partial charge in [-0.3, -0.25) is 0 Å². The van der Waals surface area contributed by atoms with Crippen LogP contribution in [0.15, 0.2) is 53.0 Å². The molecule has 1 atom stereocenters. The zero-order valence-electron chi connectivity index (χ0n) is 13.3. The second kappa shape index (κ2) is 6.65. The molecule has 0 fully saturated rings. The van der Waals surface area contributed by atoms with E-state index in [1.54, 1.807) is 0 Å². The third-order valence-corrected chi connectivity index (χ3v) is 3.86. The summed E-state index contributed by atoms with van der Waals surface area (Å²) in [5, 5.41) is 3.70. The van der Waals surface area contributed by atoms with Crippen LogP contribution in [0.2, 0.25) is 0 Å². The van der Waals surface area contributed by atoms with Gasteiger partial charge in [0.05, 0.1) is 6.04 Å². The first-order chi connectivity index (χ1) is 9.83. The van der Waals surface area contributed by atoms with E-state index in [0.29, 0.717) is 6.04 Å². The Hall–Kier alpha value is -1.28. The van der Waals surface area contributed by atoms with Gasteiger partial charge in [0.1, 0.15) is 0 Å². The lowest BCUT2D eigenvalue weighted by Crippen LogP contribution is -2.18. The molecule has 21 heavy (non-hydrogen) atoms. The molecule has 0 spiro atoms. The predicted octanol–water partition coefficient (Wildman–Crippen LogP) is 6.35. The molecule has 1 unspecified atom stereocenters. The van der Waals surface area contributed by atoms with Crippen molar-refractivity contribution in [1.82, 2.24) is 0 Å². The van der Waals surface area contributed by atoms with E-state index in [0.717, 1.165) is 10.9 Å². The zero-order chi connectivity index (χ0) is 15.5. The lowest BCUT2D eigenvalue weighted by molar-refractivity contribution is 0.352. The molecule has 2 aromatic rings. The highest BCUT2D eigenvalue weighted by Crippen LogP contribution is 2.33. The van der Waals surface area contributed by atoms with E-state index in [1.807, 2.05) is 0 Å². The van der Waals surface area contributed by atoms with Crippen LogP contribution in [-0.4, -0.2) is 0 Å². The van der Waals surface area contributed by atoms with Crippen molar-refractivity contribution >= 4 is 21.6 Å². The van der Waals surface area contributed by atoms with Crippen molar-refractivity contribution in [2.45, 2.75) is 40.2 Å². The topological polar surface area (TPSA) is 12.0 Å². The molecule has 112 valence electrons. The van der Waals surface area contributed by atoms with Crippen LogP contribution >= 0.6 is 15.9 Å². The number of anilines is 1. The number of aryl methyl sites for hydroxylation is 1. The minimum absolute atomic E-state index is 0.272. The average Bonchev–Trinajstić information content (AvgIpc) is 2.36. The van der Waals surface area contributed by atoms with E-state index in [-0.39, 0.29) is 5.41 Å². The molecule has 1 N–H and O–H groups in total. The number of nitrogens with one attached hydrogen (secondary N) is 1. The monoisotopic (exact) mass is 345 g/mol. The number of halogens is 1. The van der Waals surface area contributed by atoms with Crippen molar-refractivity contribution in [1.29, 1.82) is 0 Å². The molecule has 0 bridgehead atoms. The molecule has 0 aliphatic heterocycles. The highest BCUT2D eigenvalue weighted by Gasteiger charge is 2.20. The van der Waals surface area contributed by atoms with E-state index in [1.165, 1.54) is 16.8 Å². The molecular weight excluding hydrogens is 322 g/mol. The Morgan fingerprint density at radius 3 is 2.29 bits per heavy atom. The standard InChI is InChI=1S/C19H24BrN/c1-14-10-16(20)12-17(11-14)21-18(13-19(2,3)4)15-8-6-5-7-9-15/h5-12,18,21H,13H2,1-4H3. The highest BCUT2D eigenvalue weighted by atomic mass is 79.9. The first kappa shape index (κ1) is 16.1. The van der Waals surface area contributed by atoms with Crippen LogP contribution in [0, 0.1) is 12.3 Å². The molecule has 0 amide bonds. The number of benzene rings is 2. The minimum atomic E-state index is 0.272. The summed E-state index contributed by atoms with van der Waals surface area (Å²) < 4.78 is 1.12. The fourth-order valence-electron chi connectivity index (χ4n) is 2.57. The first-order valence-electron chi connectivity index (χ1n) is 7.42. The Morgan fingerprint density at radius 2 is 1.71 bits per heavy atom. The Balaban J connectivity index is 2.27. The smallest absolute Gasteiger partial charge is 0.0518 e. The molecule has 2 rings (SSSR count). The lowest BCUT2D eigenvalue weighted by Gasteiger charge is -2.28. The molecule has 0 aliphatic carbocycles. The van der Waals surface area contributed by atoms with E-state index >= 15 is 0 Å². The van der Waals surface area contributed by atoms with Gasteiger partial charge in [0.2, 0.25) is 0 Å². The van der Waals surface area contributed by atoms with Crippen LogP contribution in [0.5, 0.6) is 0 Å². The molecule has 2 aromatic carbocycles. The van der Waals surface area contributed by atoms with Crippen LogP contribution in [0.3, 0.4) is 0 Å². The molecule has 1 nitrogen and oxygen atoms in total. The van der Waals surface area contributed by atoms with Gasteiger partial charge >= 0.3 is 0 Å². The summed E-state index contributed by atoms with van der Waals surface area (Å²) in [7, 11) is 0. The number of hydrogen-bond donors (Lipinski definition) is 1. The molecule has 0 heterocycles. The highest BCUT2D eigenvalue weighted by molar-refractivity contribution is 9.10. The Labute approximate surface area is 136 Å². The van der Waals surface area contributed by atoms with Gasteiger partial charge < -0.3 is 5.32 Å². The van der Waals surface area contributed by atoms with Gasteiger partial charge in [-0.1, -0.05) is 67.0 Å². The second-order valence-electron chi connectivity index (χ2n) is 6.89. The van der Waals surface area contributed by atoms with Gasteiger partial charge in [0, 0.05) is 10.2 Å². The van der Waals surface area contributed by atoms with Crippen LogP contribution < -0.4 is 5.32 Å². The lowest BCUT2D eigenvalue weighted by atomic mass is 9.85.